The van der Waals surface area contributed by atoms with Gasteiger partial charge in [-0.3, -0.25) is 0 Å². The second-order valence-corrected chi connectivity index (χ2v) is 4.19. The summed E-state index contributed by atoms with van der Waals surface area (Å²) in [4.78, 5) is 22.1. The fourth-order valence-electron chi connectivity index (χ4n) is 1.75. The van der Waals surface area contributed by atoms with Crippen molar-refractivity contribution >= 4 is 11.7 Å². The molecule has 0 atom stereocenters. The van der Waals surface area contributed by atoms with Crippen LogP contribution in [0, 0.1) is 0 Å². The molecule has 1 aliphatic rings. The fraction of sp³-hybridized carbons (Fsp3) is 0.583. The number of hydrogen-bond acceptors (Lipinski definition) is 3. The molecule has 1 aromatic rings. The van der Waals surface area contributed by atoms with E-state index in [1.54, 1.807) is 12.4 Å². The van der Waals surface area contributed by atoms with E-state index in [4.69, 9.17) is 0 Å². The van der Waals surface area contributed by atoms with Crippen molar-refractivity contribution in [2.24, 2.45) is 0 Å². The van der Waals surface area contributed by atoms with Gasteiger partial charge in [0.15, 0.2) is 0 Å². The molecule has 0 aliphatic heterocycles. The third kappa shape index (κ3) is 2.93. The molecule has 5 heteroatoms. The summed E-state index contributed by atoms with van der Waals surface area (Å²) < 4.78 is 0. The highest BCUT2D eigenvalue weighted by Gasteiger charge is 2.31. The third-order valence-electron chi connectivity index (χ3n) is 2.86. The van der Waals surface area contributed by atoms with Crippen molar-refractivity contribution in [3.63, 3.8) is 0 Å². The molecule has 1 aliphatic carbocycles. The topological polar surface area (TPSA) is 58.1 Å². The molecule has 0 radical (unpaired) electrons. The number of anilines is 1. The number of aromatic nitrogens is 2. The van der Waals surface area contributed by atoms with Gasteiger partial charge in [0.2, 0.25) is 0 Å². The quantitative estimate of drug-likeness (QED) is 0.867. The van der Waals surface area contributed by atoms with Crippen molar-refractivity contribution in [3.05, 3.63) is 18.2 Å². The van der Waals surface area contributed by atoms with Gasteiger partial charge in [-0.25, -0.2) is 14.8 Å². The van der Waals surface area contributed by atoms with Gasteiger partial charge in [0, 0.05) is 19.0 Å². The highest BCUT2D eigenvalue weighted by molar-refractivity contribution is 5.89. The van der Waals surface area contributed by atoms with E-state index in [1.165, 1.54) is 0 Å². The molecule has 1 heterocycles. The molecule has 1 fully saturated rings. The molecule has 1 aromatic heterocycles. The minimum Gasteiger partial charge on any atom is -0.322 e. The normalized spacial score (nSPS) is 14.5. The Bertz CT molecular complexity index is 386. The number of nitrogens with zero attached hydrogens (tertiary/aromatic N) is 3. The van der Waals surface area contributed by atoms with E-state index in [0.29, 0.717) is 11.7 Å². The number of amides is 2. The van der Waals surface area contributed by atoms with Crippen LogP contribution in [0.25, 0.3) is 0 Å². The van der Waals surface area contributed by atoms with Crippen molar-refractivity contribution in [1.82, 2.24) is 14.9 Å². The number of nitrogens with one attached hydrogen (secondary N) is 1. The van der Waals surface area contributed by atoms with Crippen LogP contribution in [0.2, 0.25) is 0 Å². The monoisotopic (exact) mass is 234 g/mol. The molecule has 0 unspecified atom stereocenters. The maximum atomic E-state index is 11.9. The van der Waals surface area contributed by atoms with Crippen LogP contribution in [-0.2, 0) is 6.42 Å². The minimum atomic E-state index is -0.0529. The van der Waals surface area contributed by atoms with Gasteiger partial charge in [0.25, 0.3) is 0 Å². The van der Waals surface area contributed by atoms with Crippen LogP contribution in [0.4, 0.5) is 10.5 Å². The Morgan fingerprint density at radius 3 is 2.53 bits per heavy atom. The van der Waals surface area contributed by atoms with Crippen molar-refractivity contribution in [2.45, 2.75) is 39.2 Å². The van der Waals surface area contributed by atoms with E-state index in [9.17, 15) is 4.79 Å². The Labute approximate surface area is 101 Å². The largest absolute Gasteiger partial charge is 0.322 e. The Hall–Kier alpha value is -1.65. The summed E-state index contributed by atoms with van der Waals surface area (Å²) >= 11 is 0. The van der Waals surface area contributed by atoms with Gasteiger partial charge in [0.1, 0.15) is 5.82 Å². The first-order valence-electron chi connectivity index (χ1n) is 6.13. The molecular weight excluding hydrogens is 216 g/mol. The summed E-state index contributed by atoms with van der Waals surface area (Å²) in [5.41, 5.74) is 0.659. The predicted octanol–water partition coefficient (Wildman–Crippen LogP) is 2.06. The summed E-state index contributed by atoms with van der Waals surface area (Å²) in [6, 6.07) is 0.374. The first-order valence-corrected chi connectivity index (χ1v) is 6.13. The highest BCUT2D eigenvalue weighted by atomic mass is 16.2. The van der Waals surface area contributed by atoms with Crippen LogP contribution >= 0.6 is 0 Å². The molecule has 1 N–H and O–H groups in total. The molecule has 0 saturated heterocycles. The summed E-state index contributed by atoms with van der Waals surface area (Å²) in [5, 5.41) is 2.83. The van der Waals surface area contributed by atoms with Crippen LogP contribution in [0.3, 0.4) is 0 Å². The van der Waals surface area contributed by atoms with Gasteiger partial charge in [-0.05, 0) is 19.8 Å². The second kappa shape index (κ2) is 5.12. The number of hydrogen-bond donors (Lipinski definition) is 1. The van der Waals surface area contributed by atoms with E-state index < -0.39 is 0 Å². The van der Waals surface area contributed by atoms with Gasteiger partial charge in [-0.1, -0.05) is 6.92 Å². The molecule has 5 nitrogen and oxygen atoms in total. The second-order valence-electron chi connectivity index (χ2n) is 4.19. The van der Waals surface area contributed by atoms with Crippen LogP contribution < -0.4 is 5.32 Å². The number of aryl methyl sites for hydroxylation is 1. The van der Waals surface area contributed by atoms with E-state index in [2.05, 4.69) is 15.3 Å². The minimum absolute atomic E-state index is 0.0529. The van der Waals surface area contributed by atoms with Crippen LogP contribution in [-0.4, -0.2) is 33.5 Å². The third-order valence-corrected chi connectivity index (χ3v) is 2.86. The average molecular weight is 234 g/mol. The molecular formula is C12H18N4O. The van der Waals surface area contributed by atoms with Crippen molar-refractivity contribution in [3.8, 4) is 0 Å². The number of carbonyl (C=O) groups excluding carboxylic acids is 1. The number of rotatable bonds is 4. The highest BCUT2D eigenvalue weighted by Crippen LogP contribution is 2.26. The summed E-state index contributed by atoms with van der Waals surface area (Å²) in [6.07, 6.45) is 6.35. The first kappa shape index (κ1) is 11.8. The Balaban J connectivity index is 1.96. The summed E-state index contributed by atoms with van der Waals surface area (Å²) in [7, 11) is 0. The maximum absolute atomic E-state index is 11.9. The van der Waals surface area contributed by atoms with Gasteiger partial charge in [-0.2, -0.15) is 0 Å². The van der Waals surface area contributed by atoms with E-state index >= 15 is 0 Å². The molecule has 0 aromatic carbocycles. The molecule has 92 valence electrons. The van der Waals surface area contributed by atoms with Gasteiger partial charge in [0.05, 0.1) is 18.1 Å². The summed E-state index contributed by atoms with van der Waals surface area (Å²) in [6.45, 7) is 4.73. The van der Waals surface area contributed by atoms with Crippen molar-refractivity contribution in [2.75, 3.05) is 11.9 Å². The van der Waals surface area contributed by atoms with Gasteiger partial charge in [-0.15, -0.1) is 0 Å². The van der Waals surface area contributed by atoms with Crippen LogP contribution in [0.1, 0.15) is 32.5 Å². The maximum Gasteiger partial charge on any atom is 0.322 e. The number of urea groups is 1. The summed E-state index contributed by atoms with van der Waals surface area (Å²) in [5.74, 6) is 0.789. The Morgan fingerprint density at radius 1 is 1.41 bits per heavy atom. The standard InChI is InChI=1S/C12H18N4O/c1-3-11-13-7-9(8-14-11)15-12(17)16(4-2)10-5-6-10/h7-8,10H,3-6H2,1-2H3,(H,15,17). The van der Waals surface area contributed by atoms with Crippen LogP contribution in [0.15, 0.2) is 12.4 Å². The van der Waals surface area contributed by atoms with Crippen molar-refractivity contribution < 1.29 is 4.79 Å². The average Bonchev–Trinajstić information content (AvgIpc) is 3.15. The zero-order chi connectivity index (χ0) is 12.3. The van der Waals surface area contributed by atoms with E-state index in [-0.39, 0.29) is 6.03 Å². The predicted molar refractivity (Wildman–Crippen MR) is 65.8 cm³/mol. The lowest BCUT2D eigenvalue weighted by molar-refractivity contribution is 0.212. The smallest absolute Gasteiger partial charge is 0.322 e. The molecule has 2 amide bonds. The first-order chi connectivity index (χ1) is 8.24. The van der Waals surface area contributed by atoms with Crippen LogP contribution in [0.5, 0.6) is 0 Å². The lowest BCUT2D eigenvalue weighted by Gasteiger charge is -2.20. The Kier molecular flexibility index (Phi) is 3.56. The zero-order valence-electron chi connectivity index (χ0n) is 10.3. The Morgan fingerprint density at radius 2 is 2.06 bits per heavy atom. The van der Waals surface area contributed by atoms with Gasteiger partial charge >= 0.3 is 6.03 Å². The van der Waals surface area contributed by atoms with Gasteiger partial charge < -0.3 is 10.2 Å². The number of carbonyl (C=O) groups is 1. The molecule has 2 rings (SSSR count). The fourth-order valence-corrected chi connectivity index (χ4v) is 1.75. The molecule has 1 saturated carbocycles. The molecule has 17 heavy (non-hydrogen) atoms. The molecule has 0 spiro atoms. The van der Waals surface area contributed by atoms with E-state index in [1.807, 2.05) is 18.7 Å². The van der Waals surface area contributed by atoms with Crippen molar-refractivity contribution in [1.29, 1.82) is 0 Å². The molecule has 0 bridgehead atoms. The zero-order valence-corrected chi connectivity index (χ0v) is 10.3. The SMILES string of the molecule is CCc1ncc(NC(=O)N(CC)C2CC2)cn1. The van der Waals surface area contributed by atoms with E-state index in [0.717, 1.165) is 31.6 Å². The lowest BCUT2D eigenvalue weighted by Crippen LogP contribution is -2.36. The lowest BCUT2D eigenvalue weighted by atomic mass is 10.4.